The first-order valence-corrected chi connectivity index (χ1v) is 42.0. The summed E-state index contributed by atoms with van der Waals surface area (Å²) < 4.78 is 22.9. The largest absolute Gasteiger partial charge is 0.545 e. The Morgan fingerprint density at radius 3 is 0.808 bits per heavy atom. The molecule has 0 fully saturated rings. The van der Waals surface area contributed by atoms with E-state index in [2.05, 4.69) is 123 Å². The number of hydrogen-bond donors (Lipinski definition) is 0. The zero-order chi connectivity index (χ0) is 71.8. The van der Waals surface area contributed by atoms with Crippen molar-refractivity contribution in [3.8, 4) is 0 Å². The summed E-state index contributed by atoms with van der Waals surface area (Å²) in [5.74, 6) is -2.26. The molecule has 2 atom stereocenters. The second-order valence-corrected chi connectivity index (χ2v) is 29.4. The highest BCUT2D eigenvalue weighted by molar-refractivity contribution is 5.70. The summed E-state index contributed by atoms with van der Waals surface area (Å²) in [5, 5.41) is 11.9. The van der Waals surface area contributed by atoms with Crippen LogP contribution in [0, 0.1) is 0 Å². The molecule has 0 heterocycles. The highest BCUT2D eigenvalue weighted by Gasteiger charge is 2.22. The molecule has 0 aromatic heterocycles. The standard InChI is InChI=1S/C90H159NO8/c1-6-8-10-12-14-16-18-20-22-24-26-28-30-32-34-36-38-40-42-44-46-48-50-52-54-56-58-60-62-64-66-68-70-72-74-76-78-80-87(92)97-84-86(85-98-90(89(94)95)96-83-82-91(3,4)5)99-88(93)81-79-77-75-73-71-69-67-65-63-61-59-57-55-53-51-49-47-45-43-41-39-37-35-33-31-29-27-25-23-21-19-17-15-13-11-9-7-2/h8-11,14-17,20-23,26-29,33,35,86,90H,6-7,12-13,18-19,24-25,30-32,34,36-85H2,1-5H3/b10-8-,11-9-,16-14-,17-15-,22-20-,23-21-,28-26-,29-27-,35-33-. The molecule has 99 heavy (non-hydrogen) atoms. The van der Waals surface area contributed by atoms with Gasteiger partial charge in [0.1, 0.15) is 13.2 Å². The van der Waals surface area contributed by atoms with Gasteiger partial charge in [-0.15, -0.1) is 0 Å². The molecule has 0 spiro atoms. The minimum absolute atomic E-state index is 0.148. The first-order valence-electron chi connectivity index (χ1n) is 42.0. The lowest BCUT2D eigenvalue weighted by atomic mass is 10.0. The lowest BCUT2D eigenvalue weighted by molar-refractivity contribution is -0.870. The fourth-order valence-corrected chi connectivity index (χ4v) is 12.2. The number of carbonyl (C=O) groups is 3. The second-order valence-electron chi connectivity index (χ2n) is 29.4. The fourth-order valence-electron chi connectivity index (χ4n) is 12.2. The van der Waals surface area contributed by atoms with Gasteiger partial charge in [-0.05, 0) is 96.3 Å². The predicted octanol–water partition coefficient (Wildman–Crippen LogP) is 25.9. The molecule has 572 valence electrons. The number of unbranched alkanes of at least 4 members (excludes halogenated alkanes) is 45. The minimum Gasteiger partial charge on any atom is -0.545 e. The Kier molecular flexibility index (Phi) is 76.4. The van der Waals surface area contributed by atoms with Crippen LogP contribution in [0.15, 0.2) is 109 Å². The van der Waals surface area contributed by atoms with Gasteiger partial charge in [-0.3, -0.25) is 9.59 Å². The van der Waals surface area contributed by atoms with Crippen molar-refractivity contribution in [3.05, 3.63) is 109 Å². The lowest BCUT2D eigenvalue weighted by Gasteiger charge is -2.26. The molecule has 0 N–H and O–H groups in total. The molecule has 9 heteroatoms. The summed E-state index contributed by atoms with van der Waals surface area (Å²) in [5.41, 5.74) is 0. The quantitative estimate of drug-likeness (QED) is 0.0195. The molecule has 0 aliphatic heterocycles. The van der Waals surface area contributed by atoms with Crippen molar-refractivity contribution in [1.29, 1.82) is 0 Å². The van der Waals surface area contributed by atoms with E-state index < -0.39 is 24.3 Å². The van der Waals surface area contributed by atoms with E-state index in [-0.39, 0.29) is 32.2 Å². The second kappa shape index (κ2) is 79.6. The van der Waals surface area contributed by atoms with Crippen LogP contribution in [-0.2, 0) is 33.3 Å². The first-order chi connectivity index (χ1) is 48.6. The highest BCUT2D eigenvalue weighted by atomic mass is 16.7. The monoisotopic (exact) mass is 1380 g/mol. The van der Waals surface area contributed by atoms with Crippen molar-refractivity contribution in [2.45, 2.75) is 399 Å². The SMILES string of the molecule is CC/C=C\C/C=C\C/C=C\C/C=C\C/C=C\CCCCCCCCCCCCCCCCCCCCCCCC(=O)OC(COC(=O)CCCCCCCCCCCCCCCCCCCCCCCCCC/C=C\C/C=C\C/C=C\C/C=C\CC)COC(OCC[N+](C)(C)C)C(=O)[O-]. The number of carbonyl (C=O) groups excluding carboxylic acids is 3. The molecule has 0 amide bonds. The number of esters is 2. The number of quaternary nitrogens is 1. The first kappa shape index (κ1) is 94.9. The van der Waals surface area contributed by atoms with E-state index in [1.807, 2.05) is 21.1 Å². The zero-order valence-corrected chi connectivity index (χ0v) is 65.6. The van der Waals surface area contributed by atoms with Gasteiger partial charge < -0.3 is 33.3 Å². The zero-order valence-electron chi connectivity index (χ0n) is 65.6. The van der Waals surface area contributed by atoms with E-state index in [9.17, 15) is 19.5 Å². The Morgan fingerprint density at radius 1 is 0.303 bits per heavy atom. The molecular weight excluding hydrogens is 1220 g/mol. The highest BCUT2D eigenvalue weighted by Crippen LogP contribution is 2.20. The summed E-state index contributed by atoms with van der Waals surface area (Å²) >= 11 is 0. The summed E-state index contributed by atoms with van der Waals surface area (Å²) in [6.07, 6.45) is 109. The Morgan fingerprint density at radius 2 is 0.545 bits per heavy atom. The Balaban J connectivity index is 3.95. The number of hydrogen-bond acceptors (Lipinski definition) is 8. The van der Waals surface area contributed by atoms with Crippen LogP contribution < -0.4 is 5.11 Å². The molecule has 0 saturated heterocycles. The molecule has 0 radical (unpaired) electrons. The number of aliphatic carboxylic acids is 1. The van der Waals surface area contributed by atoms with E-state index in [1.165, 1.54) is 263 Å². The predicted molar refractivity (Wildman–Crippen MR) is 426 cm³/mol. The third-order valence-corrected chi connectivity index (χ3v) is 18.5. The summed E-state index contributed by atoms with van der Waals surface area (Å²) in [6, 6.07) is 0. The van der Waals surface area contributed by atoms with E-state index >= 15 is 0 Å². The van der Waals surface area contributed by atoms with E-state index in [0.29, 0.717) is 23.9 Å². The minimum atomic E-state index is -1.62. The summed E-state index contributed by atoms with van der Waals surface area (Å²) in [6.45, 7) is 4.58. The smallest absolute Gasteiger partial charge is 0.306 e. The van der Waals surface area contributed by atoms with Crippen molar-refractivity contribution < 1.29 is 42.9 Å². The summed E-state index contributed by atoms with van der Waals surface area (Å²) in [7, 11) is 5.95. The fraction of sp³-hybridized carbons (Fsp3) is 0.767. The van der Waals surface area contributed by atoms with Crippen LogP contribution in [0.3, 0.4) is 0 Å². The van der Waals surface area contributed by atoms with Crippen molar-refractivity contribution in [1.82, 2.24) is 0 Å². The van der Waals surface area contributed by atoms with Crippen molar-refractivity contribution in [2.75, 3.05) is 47.5 Å². The van der Waals surface area contributed by atoms with E-state index in [4.69, 9.17) is 18.9 Å². The van der Waals surface area contributed by atoms with Crippen LogP contribution in [0.1, 0.15) is 386 Å². The number of rotatable bonds is 78. The molecule has 0 bridgehead atoms. The number of carboxylic acids is 1. The Hall–Kier alpha value is -4.05. The Bertz CT molecular complexity index is 2000. The lowest BCUT2D eigenvalue weighted by Crippen LogP contribution is -2.44. The Labute approximate surface area is 613 Å². The number of nitrogens with zero attached hydrogens (tertiary/aromatic N) is 1. The van der Waals surface area contributed by atoms with Crippen LogP contribution in [0.2, 0.25) is 0 Å². The molecule has 0 saturated carbocycles. The molecule has 0 aromatic rings. The van der Waals surface area contributed by atoms with Gasteiger partial charge in [-0.25, -0.2) is 0 Å². The van der Waals surface area contributed by atoms with Crippen LogP contribution in [0.5, 0.6) is 0 Å². The van der Waals surface area contributed by atoms with Gasteiger partial charge in [-0.2, -0.15) is 0 Å². The maximum Gasteiger partial charge on any atom is 0.306 e. The van der Waals surface area contributed by atoms with Gasteiger partial charge in [0.25, 0.3) is 0 Å². The molecule has 2 unspecified atom stereocenters. The molecular formula is C90H159NO8. The van der Waals surface area contributed by atoms with E-state index in [0.717, 1.165) is 89.9 Å². The molecule has 9 nitrogen and oxygen atoms in total. The van der Waals surface area contributed by atoms with Gasteiger partial charge in [0, 0.05) is 12.8 Å². The van der Waals surface area contributed by atoms with E-state index in [1.54, 1.807) is 0 Å². The summed E-state index contributed by atoms with van der Waals surface area (Å²) in [4.78, 5) is 37.7. The topological polar surface area (TPSA) is 111 Å². The third kappa shape index (κ3) is 81.1. The maximum absolute atomic E-state index is 13.0. The molecule has 0 aliphatic carbocycles. The molecule has 0 rings (SSSR count). The van der Waals surface area contributed by atoms with Gasteiger partial charge >= 0.3 is 11.9 Å². The van der Waals surface area contributed by atoms with Crippen molar-refractivity contribution in [3.63, 3.8) is 0 Å². The van der Waals surface area contributed by atoms with Crippen LogP contribution in [0.4, 0.5) is 0 Å². The van der Waals surface area contributed by atoms with Crippen LogP contribution in [-0.4, -0.2) is 82.3 Å². The van der Waals surface area contributed by atoms with Gasteiger partial charge in [0.15, 0.2) is 12.4 Å². The molecule has 0 aliphatic rings. The van der Waals surface area contributed by atoms with Crippen molar-refractivity contribution in [2.24, 2.45) is 0 Å². The number of carboxylic acid groups (broad SMARTS) is 1. The maximum atomic E-state index is 13.0. The van der Waals surface area contributed by atoms with Gasteiger partial charge in [0.05, 0.1) is 40.3 Å². The van der Waals surface area contributed by atoms with Crippen LogP contribution >= 0.6 is 0 Å². The average Bonchev–Trinajstić information content (AvgIpc) is 2.19. The normalized spacial score (nSPS) is 13.2. The van der Waals surface area contributed by atoms with Gasteiger partial charge in [0.2, 0.25) is 0 Å². The van der Waals surface area contributed by atoms with Crippen LogP contribution in [0.25, 0.3) is 0 Å². The average molecular weight is 1380 g/mol. The third-order valence-electron chi connectivity index (χ3n) is 18.5. The van der Waals surface area contributed by atoms with Gasteiger partial charge in [-0.1, -0.05) is 386 Å². The van der Waals surface area contributed by atoms with Crippen molar-refractivity contribution >= 4 is 17.9 Å². The molecule has 0 aromatic carbocycles. The number of allylic oxidation sites excluding steroid dienone is 18. The number of likely N-dealkylation sites (N-methyl/N-ethyl adjacent to an activating group) is 1. The number of ether oxygens (including phenoxy) is 4.